The number of nitrogen functional groups attached to an aromatic ring is 1. The van der Waals surface area contributed by atoms with Gasteiger partial charge in [-0.05, 0) is 39.5 Å². The van der Waals surface area contributed by atoms with E-state index in [1.54, 1.807) is 11.0 Å². The fourth-order valence-electron chi connectivity index (χ4n) is 3.05. The average Bonchev–Trinajstić information content (AvgIpc) is 3.12. The molecule has 0 aromatic carbocycles. The summed E-state index contributed by atoms with van der Waals surface area (Å²) in [5.74, 6) is 0.485. The fourth-order valence-corrected chi connectivity index (χ4v) is 3.05. The molecule has 1 aliphatic rings. The lowest BCUT2D eigenvalue weighted by atomic mass is 10.0. The topological polar surface area (TPSA) is 129 Å². The zero-order valence-corrected chi connectivity index (χ0v) is 15.0. The highest BCUT2D eigenvalue weighted by Crippen LogP contribution is 2.25. The second-order valence-electron chi connectivity index (χ2n) is 7.48. The molecule has 1 amide bonds. The molecule has 1 atom stereocenters. The van der Waals surface area contributed by atoms with E-state index >= 15 is 0 Å². The number of carbonyl (C=O) groups is 1. The van der Waals surface area contributed by atoms with Crippen LogP contribution in [-0.4, -0.2) is 49.2 Å². The first-order valence-electron chi connectivity index (χ1n) is 8.39. The standard InChI is InChI=1S/C16H22N6O4/c1-16(2,3)26-15(23)20-5-4-10(9-20)6-11-7-13(17)21-14(19-11)12(8-18-21)22(24)25/h7-8,10H,4-6,9,17H2,1-3H3/t10-/m1/s1. The molecule has 2 aromatic heterocycles. The summed E-state index contributed by atoms with van der Waals surface area (Å²) in [6.07, 6.45) is 2.20. The van der Waals surface area contributed by atoms with Gasteiger partial charge in [-0.25, -0.2) is 9.78 Å². The molecule has 0 radical (unpaired) electrons. The van der Waals surface area contributed by atoms with E-state index in [9.17, 15) is 14.9 Å². The number of nitrogens with zero attached hydrogens (tertiary/aromatic N) is 5. The van der Waals surface area contributed by atoms with Gasteiger partial charge in [0.05, 0.1) is 4.92 Å². The number of nitro groups is 1. The van der Waals surface area contributed by atoms with Crippen LogP contribution in [0.4, 0.5) is 16.3 Å². The Balaban J connectivity index is 1.73. The molecule has 0 unspecified atom stereocenters. The monoisotopic (exact) mass is 362 g/mol. The van der Waals surface area contributed by atoms with Gasteiger partial charge >= 0.3 is 11.8 Å². The summed E-state index contributed by atoms with van der Waals surface area (Å²) in [5.41, 5.74) is 6.01. The molecule has 2 N–H and O–H groups in total. The number of carbonyl (C=O) groups excluding carboxylic acids is 1. The normalized spacial score (nSPS) is 17.7. The molecule has 10 heteroatoms. The second kappa shape index (κ2) is 6.43. The van der Waals surface area contributed by atoms with Gasteiger partial charge < -0.3 is 15.4 Å². The Bertz CT molecular complexity index is 856. The molecule has 0 saturated carbocycles. The predicted octanol–water partition coefficient (Wildman–Crippen LogP) is 2.02. The summed E-state index contributed by atoms with van der Waals surface area (Å²) in [6.45, 7) is 6.67. The summed E-state index contributed by atoms with van der Waals surface area (Å²) in [6, 6.07) is 1.67. The molecule has 0 aliphatic carbocycles. The Labute approximate surface area is 150 Å². The number of likely N-dealkylation sites (tertiary alicyclic amines) is 1. The number of hydrogen-bond acceptors (Lipinski definition) is 7. The molecule has 2 aromatic rings. The van der Waals surface area contributed by atoms with Crippen LogP contribution in [0.15, 0.2) is 12.3 Å². The molecule has 10 nitrogen and oxygen atoms in total. The van der Waals surface area contributed by atoms with E-state index in [2.05, 4.69) is 10.1 Å². The van der Waals surface area contributed by atoms with Crippen LogP contribution >= 0.6 is 0 Å². The van der Waals surface area contributed by atoms with E-state index in [0.717, 1.165) is 12.6 Å². The van der Waals surface area contributed by atoms with Crippen LogP contribution in [0.1, 0.15) is 32.9 Å². The van der Waals surface area contributed by atoms with Gasteiger partial charge in [0.1, 0.15) is 17.6 Å². The van der Waals surface area contributed by atoms with Crippen molar-refractivity contribution in [1.82, 2.24) is 19.5 Å². The molecule has 1 saturated heterocycles. The molecule has 140 valence electrons. The lowest BCUT2D eigenvalue weighted by molar-refractivity contribution is -0.383. The molecule has 26 heavy (non-hydrogen) atoms. The third-order valence-electron chi connectivity index (χ3n) is 4.17. The van der Waals surface area contributed by atoms with Gasteiger partial charge in [0.15, 0.2) is 0 Å². The first-order valence-corrected chi connectivity index (χ1v) is 8.39. The lowest BCUT2D eigenvalue weighted by Crippen LogP contribution is -2.35. The molecular weight excluding hydrogens is 340 g/mol. The number of amides is 1. The summed E-state index contributed by atoms with van der Waals surface area (Å²) in [7, 11) is 0. The predicted molar refractivity (Wildman–Crippen MR) is 93.7 cm³/mol. The Kier molecular flexibility index (Phi) is 4.43. The molecular formula is C16H22N6O4. The van der Waals surface area contributed by atoms with E-state index < -0.39 is 10.5 Å². The van der Waals surface area contributed by atoms with Crippen LogP contribution in [0.3, 0.4) is 0 Å². The summed E-state index contributed by atoms with van der Waals surface area (Å²) < 4.78 is 6.65. The van der Waals surface area contributed by atoms with Crippen molar-refractivity contribution < 1.29 is 14.5 Å². The van der Waals surface area contributed by atoms with Crippen molar-refractivity contribution in [2.75, 3.05) is 18.8 Å². The highest BCUT2D eigenvalue weighted by atomic mass is 16.6. The van der Waals surface area contributed by atoms with E-state index in [-0.39, 0.29) is 23.3 Å². The van der Waals surface area contributed by atoms with E-state index in [1.165, 1.54) is 4.52 Å². The third kappa shape index (κ3) is 3.68. The number of hydrogen-bond donors (Lipinski definition) is 1. The Morgan fingerprint density at radius 3 is 2.88 bits per heavy atom. The summed E-state index contributed by atoms with van der Waals surface area (Å²) in [4.78, 5) is 28.7. The molecule has 3 heterocycles. The van der Waals surface area contributed by atoms with Crippen molar-refractivity contribution in [2.24, 2.45) is 5.92 Å². The van der Waals surface area contributed by atoms with Crippen molar-refractivity contribution in [2.45, 2.75) is 39.2 Å². The minimum absolute atomic E-state index is 0.131. The van der Waals surface area contributed by atoms with E-state index in [1.807, 2.05) is 20.8 Å². The highest BCUT2D eigenvalue weighted by Gasteiger charge is 2.30. The second-order valence-corrected chi connectivity index (χ2v) is 7.48. The van der Waals surface area contributed by atoms with Crippen LogP contribution in [0, 0.1) is 16.0 Å². The third-order valence-corrected chi connectivity index (χ3v) is 4.17. The number of rotatable bonds is 3. The van der Waals surface area contributed by atoms with Gasteiger partial charge in [0.25, 0.3) is 0 Å². The summed E-state index contributed by atoms with van der Waals surface area (Å²) in [5, 5.41) is 15.0. The smallest absolute Gasteiger partial charge is 0.410 e. The average molecular weight is 362 g/mol. The number of nitrogens with two attached hydrogens (primary N) is 1. The Morgan fingerprint density at radius 2 is 2.23 bits per heavy atom. The number of ether oxygens (including phenoxy) is 1. The van der Waals surface area contributed by atoms with Crippen LogP contribution in [0.2, 0.25) is 0 Å². The van der Waals surface area contributed by atoms with Gasteiger partial charge in [-0.15, -0.1) is 0 Å². The van der Waals surface area contributed by atoms with Gasteiger partial charge in [0.2, 0.25) is 5.65 Å². The SMILES string of the molecule is CC(C)(C)OC(=O)N1CC[C@H](Cc2cc(N)n3ncc([N+](=O)[O-])c3n2)C1. The zero-order chi connectivity index (χ0) is 19.1. The number of fused-ring (bicyclic) bond motifs is 1. The maximum Gasteiger partial charge on any atom is 0.410 e. The van der Waals surface area contributed by atoms with Gasteiger partial charge in [-0.3, -0.25) is 10.1 Å². The largest absolute Gasteiger partial charge is 0.444 e. The molecule has 1 fully saturated rings. The van der Waals surface area contributed by atoms with E-state index in [4.69, 9.17) is 10.5 Å². The minimum atomic E-state index is -0.531. The van der Waals surface area contributed by atoms with Crippen molar-refractivity contribution in [3.8, 4) is 0 Å². The maximum absolute atomic E-state index is 12.2. The van der Waals surface area contributed by atoms with Crippen LogP contribution in [-0.2, 0) is 11.2 Å². The van der Waals surface area contributed by atoms with Crippen molar-refractivity contribution in [3.63, 3.8) is 0 Å². The highest BCUT2D eigenvalue weighted by molar-refractivity contribution is 5.68. The van der Waals surface area contributed by atoms with Crippen LogP contribution < -0.4 is 5.73 Å². The summed E-state index contributed by atoms with van der Waals surface area (Å²) >= 11 is 0. The first-order chi connectivity index (χ1) is 12.1. The van der Waals surface area contributed by atoms with Gasteiger partial charge in [0, 0.05) is 24.8 Å². The van der Waals surface area contributed by atoms with Gasteiger partial charge in [-0.1, -0.05) is 0 Å². The quantitative estimate of drug-likeness (QED) is 0.653. The molecule has 1 aliphatic heterocycles. The van der Waals surface area contributed by atoms with Crippen LogP contribution in [0.25, 0.3) is 5.65 Å². The van der Waals surface area contributed by atoms with Crippen molar-refractivity contribution in [3.05, 3.63) is 28.1 Å². The fraction of sp³-hybridized carbons (Fsp3) is 0.562. The molecule has 0 bridgehead atoms. The van der Waals surface area contributed by atoms with Crippen molar-refractivity contribution in [1.29, 1.82) is 0 Å². The minimum Gasteiger partial charge on any atom is -0.444 e. The van der Waals surface area contributed by atoms with E-state index in [0.29, 0.717) is 31.0 Å². The van der Waals surface area contributed by atoms with Gasteiger partial charge in [-0.2, -0.15) is 9.61 Å². The Hall–Kier alpha value is -2.91. The Morgan fingerprint density at radius 1 is 1.50 bits per heavy atom. The maximum atomic E-state index is 12.2. The van der Waals surface area contributed by atoms with Crippen LogP contribution in [0.5, 0.6) is 0 Å². The van der Waals surface area contributed by atoms with Crippen molar-refractivity contribution >= 4 is 23.2 Å². The number of anilines is 1. The zero-order valence-electron chi connectivity index (χ0n) is 15.0. The molecule has 0 spiro atoms. The number of aromatic nitrogens is 3. The first kappa shape index (κ1) is 17.9. The lowest BCUT2D eigenvalue weighted by Gasteiger charge is -2.24. The molecule has 3 rings (SSSR count).